The molecule has 0 aliphatic carbocycles. The summed E-state index contributed by atoms with van der Waals surface area (Å²) < 4.78 is 1.84. The lowest BCUT2D eigenvalue weighted by Crippen LogP contribution is -2.14. The number of fused-ring (bicyclic) bond motifs is 1. The lowest BCUT2D eigenvalue weighted by Gasteiger charge is -2.12. The number of carbonyl (C=O) groups is 2. The largest absolute Gasteiger partial charge is 0.369 e. The monoisotopic (exact) mass is 400 g/mol. The molecule has 8 nitrogen and oxygen atoms in total. The van der Waals surface area contributed by atoms with E-state index in [2.05, 4.69) is 20.3 Å². The van der Waals surface area contributed by atoms with Crippen LogP contribution in [0.2, 0.25) is 0 Å². The fraction of sp³-hybridized carbons (Fsp3) is 0.136. The van der Waals surface area contributed by atoms with E-state index >= 15 is 0 Å². The molecule has 0 aliphatic rings. The van der Waals surface area contributed by atoms with Gasteiger partial charge in [0.1, 0.15) is 11.5 Å². The summed E-state index contributed by atoms with van der Waals surface area (Å²) in [4.78, 5) is 36.5. The highest BCUT2D eigenvalue weighted by atomic mass is 16.1. The van der Waals surface area contributed by atoms with Crippen molar-refractivity contribution in [2.45, 2.75) is 20.3 Å². The molecule has 0 saturated heterocycles. The Morgan fingerprint density at radius 1 is 1.10 bits per heavy atom. The van der Waals surface area contributed by atoms with Gasteiger partial charge in [-0.2, -0.15) is 0 Å². The van der Waals surface area contributed by atoms with Crippen LogP contribution in [0.25, 0.3) is 28.2 Å². The van der Waals surface area contributed by atoms with Gasteiger partial charge in [0.05, 0.1) is 23.5 Å². The Balaban J connectivity index is 1.89. The van der Waals surface area contributed by atoms with Crippen LogP contribution in [-0.4, -0.2) is 31.2 Å². The molecule has 0 saturated carbocycles. The Labute approximate surface area is 172 Å². The van der Waals surface area contributed by atoms with E-state index in [1.807, 2.05) is 53.9 Å². The minimum atomic E-state index is -0.423. The molecule has 0 unspecified atom stereocenters. The van der Waals surface area contributed by atoms with Gasteiger partial charge < -0.3 is 15.5 Å². The van der Waals surface area contributed by atoms with Gasteiger partial charge in [0.2, 0.25) is 11.8 Å². The zero-order chi connectivity index (χ0) is 21.3. The number of hydrogen-bond donors (Lipinski definition) is 2. The normalized spacial score (nSPS) is 10.9. The van der Waals surface area contributed by atoms with Gasteiger partial charge in [0.25, 0.3) is 0 Å². The zero-order valence-corrected chi connectivity index (χ0v) is 16.6. The molecule has 0 radical (unpaired) electrons. The second-order valence-electron chi connectivity index (χ2n) is 6.98. The van der Waals surface area contributed by atoms with Gasteiger partial charge in [-0.3, -0.25) is 14.6 Å². The fourth-order valence-corrected chi connectivity index (χ4v) is 3.31. The minimum Gasteiger partial charge on any atom is -0.369 e. The molecule has 150 valence electrons. The molecular weight excluding hydrogens is 380 g/mol. The molecule has 0 spiro atoms. The Morgan fingerprint density at radius 2 is 1.93 bits per heavy atom. The third-order valence-corrected chi connectivity index (χ3v) is 4.58. The maximum atomic E-state index is 11.5. The predicted octanol–water partition coefficient (Wildman–Crippen LogP) is 2.75. The number of hydrogen-bond acceptors (Lipinski definition) is 5. The lowest BCUT2D eigenvalue weighted by atomic mass is 10.0. The average molecular weight is 400 g/mol. The van der Waals surface area contributed by atoms with Crippen molar-refractivity contribution in [2.75, 3.05) is 5.32 Å². The van der Waals surface area contributed by atoms with E-state index in [1.165, 1.54) is 6.92 Å². The van der Waals surface area contributed by atoms with Crippen molar-refractivity contribution < 1.29 is 9.59 Å². The van der Waals surface area contributed by atoms with E-state index in [1.54, 1.807) is 12.3 Å². The molecule has 0 bridgehead atoms. The molecule has 4 aromatic heterocycles. The number of pyridine rings is 3. The van der Waals surface area contributed by atoms with Gasteiger partial charge in [-0.1, -0.05) is 6.07 Å². The smallest absolute Gasteiger partial charge is 0.223 e. The number of carbonyl (C=O) groups excluding carboxylic acids is 2. The van der Waals surface area contributed by atoms with Crippen LogP contribution >= 0.6 is 0 Å². The van der Waals surface area contributed by atoms with Crippen molar-refractivity contribution >= 4 is 23.3 Å². The molecule has 30 heavy (non-hydrogen) atoms. The van der Waals surface area contributed by atoms with Crippen molar-refractivity contribution in [3.05, 3.63) is 66.2 Å². The van der Waals surface area contributed by atoms with Crippen LogP contribution in [0, 0.1) is 6.92 Å². The van der Waals surface area contributed by atoms with Gasteiger partial charge in [0, 0.05) is 36.1 Å². The summed E-state index contributed by atoms with van der Waals surface area (Å²) >= 11 is 0. The Hall–Kier alpha value is -4.07. The van der Waals surface area contributed by atoms with Crippen LogP contribution in [0.4, 0.5) is 5.82 Å². The van der Waals surface area contributed by atoms with Crippen molar-refractivity contribution in [2.24, 2.45) is 5.73 Å². The van der Waals surface area contributed by atoms with E-state index in [0.717, 1.165) is 16.8 Å². The van der Waals surface area contributed by atoms with Crippen molar-refractivity contribution in [1.29, 1.82) is 0 Å². The number of amides is 2. The summed E-state index contributed by atoms with van der Waals surface area (Å²) in [6, 6.07) is 13.2. The molecule has 0 fully saturated rings. The Kier molecular flexibility index (Phi) is 4.97. The first-order valence-corrected chi connectivity index (χ1v) is 9.38. The van der Waals surface area contributed by atoms with Gasteiger partial charge >= 0.3 is 0 Å². The van der Waals surface area contributed by atoms with Crippen molar-refractivity contribution in [3.8, 4) is 22.5 Å². The van der Waals surface area contributed by atoms with Crippen LogP contribution in [0.5, 0.6) is 0 Å². The molecule has 0 atom stereocenters. The SMILES string of the molecule is CC(=O)Nc1ccc(-c2ccc3ncc(CC(N)=O)n3c2)c(-c2cccc(C)n2)n1. The molecule has 8 heteroatoms. The Bertz CT molecular complexity index is 1280. The number of anilines is 1. The highest BCUT2D eigenvalue weighted by molar-refractivity contribution is 5.89. The third-order valence-electron chi connectivity index (χ3n) is 4.58. The number of nitrogens with one attached hydrogen (secondary N) is 1. The van der Waals surface area contributed by atoms with E-state index < -0.39 is 5.91 Å². The van der Waals surface area contributed by atoms with Crippen LogP contribution in [0.15, 0.2) is 54.9 Å². The van der Waals surface area contributed by atoms with Crippen LogP contribution in [0.3, 0.4) is 0 Å². The van der Waals surface area contributed by atoms with Gasteiger partial charge in [-0.05, 0) is 43.3 Å². The summed E-state index contributed by atoms with van der Waals surface area (Å²) in [5.74, 6) is -0.176. The summed E-state index contributed by atoms with van der Waals surface area (Å²) in [7, 11) is 0. The van der Waals surface area contributed by atoms with Crippen LogP contribution in [-0.2, 0) is 16.0 Å². The number of imidazole rings is 1. The number of rotatable bonds is 5. The summed E-state index contributed by atoms with van der Waals surface area (Å²) in [5, 5.41) is 2.72. The number of aromatic nitrogens is 4. The third kappa shape index (κ3) is 3.88. The minimum absolute atomic E-state index is 0.0939. The topological polar surface area (TPSA) is 115 Å². The van der Waals surface area contributed by atoms with Gasteiger partial charge in [-0.25, -0.2) is 9.97 Å². The molecule has 3 N–H and O–H groups in total. The maximum absolute atomic E-state index is 11.5. The predicted molar refractivity (Wildman–Crippen MR) is 114 cm³/mol. The highest BCUT2D eigenvalue weighted by Crippen LogP contribution is 2.31. The van der Waals surface area contributed by atoms with E-state index in [0.29, 0.717) is 28.5 Å². The van der Waals surface area contributed by atoms with Crippen molar-refractivity contribution in [3.63, 3.8) is 0 Å². The molecule has 0 aliphatic heterocycles. The second kappa shape index (κ2) is 7.75. The summed E-state index contributed by atoms with van der Waals surface area (Å²) in [6.45, 7) is 3.35. The number of nitrogens with two attached hydrogens (primary N) is 1. The van der Waals surface area contributed by atoms with Gasteiger partial charge in [-0.15, -0.1) is 0 Å². The van der Waals surface area contributed by atoms with Crippen molar-refractivity contribution in [1.82, 2.24) is 19.4 Å². The summed E-state index contributed by atoms with van der Waals surface area (Å²) in [5.41, 5.74) is 10.7. The van der Waals surface area contributed by atoms with E-state index in [-0.39, 0.29) is 12.3 Å². The molecule has 4 heterocycles. The first kappa shape index (κ1) is 19.3. The molecule has 4 rings (SSSR count). The first-order valence-electron chi connectivity index (χ1n) is 9.38. The standard InChI is InChI=1S/C22H20N6O2/c1-13-4-3-5-18(25-13)22-17(7-8-20(27-22)26-14(2)29)15-6-9-21-24-11-16(10-19(23)30)28(21)12-15/h3-9,11-12H,10H2,1-2H3,(H2,23,30)(H,26,27,29). The first-order chi connectivity index (χ1) is 14.4. The number of primary amides is 1. The number of nitrogens with zero attached hydrogens (tertiary/aromatic N) is 4. The molecule has 0 aromatic carbocycles. The average Bonchev–Trinajstić information content (AvgIpc) is 3.09. The quantitative estimate of drug-likeness (QED) is 0.534. The van der Waals surface area contributed by atoms with Crippen LogP contribution < -0.4 is 11.1 Å². The fourth-order valence-electron chi connectivity index (χ4n) is 3.31. The van der Waals surface area contributed by atoms with E-state index in [9.17, 15) is 9.59 Å². The van der Waals surface area contributed by atoms with Crippen LogP contribution in [0.1, 0.15) is 18.3 Å². The second-order valence-corrected chi connectivity index (χ2v) is 6.98. The van der Waals surface area contributed by atoms with Gasteiger partial charge in [0.15, 0.2) is 0 Å². The molecule has 4 aromatic rings. The lowest BCUT2D eigenvalue weighted by molar-refractivity contribution is -0.117. The summed E-state index contributed by atoms with van der Waals surface area (Å²) in [6.07, 6.45) is 3.64. The van der Waals surface area contributed by atoms with E-state index in [4.69, 9.17) is 5.73 Å². The molecule has 2 amide bonds. The maximum Gasteiger partial charge on any atom is 0.223 e. The zero-order valence-electron chi connectivity index (χ0n) is 16.6. The molecular formula is C22H20N6O2. The highest BCUT2D eigenvalue weighted by Gasteiger charge is 2.14. The Morgan fingerprint density at radius 3 is 2.67 bits per heavy atom. The number of aryl methyl sites for hydroxylation is 1.